The number of nitrogens with zero attached hydrogens (tertiary/aromatic N) is 2. The number of rotatable bonds is 5. The summed E-state index contributed by atoms with van der Waals surface area (Å²) in [5.41, 5.74) is -0.209. The second kappa shape index (κ2) is 8.28. The molecule has 2 amide bonds. The van der Waals surface area contributed by atoms with E-state index in [4.69, 9.17) is 12.2 Å². The van der Waals surface area contributed by atoms with Crippen LogP contribution in [-0.4, -0.2) is 56.3 Å². The van der Waals surface area contributed by atoms with Crippen molar-refractivity contribution in [3.8, 4) is 0 Å². The normalized spacial score (nSPS) is 16.5. The number of thioether (sulfide) groups is 1. The molecule has 0 atom stereocenters. The molecule has 1 aliphatic rings. The summed E-state index contributed by atoms with van der Waals surface area (Å²) in [6.07, 6.45) is 1.44. The van der Waals surface area contributed by atoms with Crippen LogP contribution >= 0.6 is 24.0 Å². The van der Waals surface area contributed by atoms with E-state index in [0.29, 0.717) is 0 Å². The molecule has 8 heteroatoms. The predicted molar refractivity (Wildman–Crippen MR) is 105 cm³/mol. The number of hydrogen-bond acceptors (Lipinski definition) is 5. The Bertz CT molecular complexity index is 759. The summed E-state index contributed by atoms with van der Waals surface area (Å²) in [5.74, 6) is -1.17. The fourth-order valence-electron chi connectivity index (χ4n) is 2.52. The monoisotopic (exact) mass is 396 g/mol. The molecular weight excluding hydrogens is 375 g/mol. The Balaban J connectivity index is 2.19. The van der Waals surface area contributed by atoms with Crippen LogP contribution in [0.5, 0.6) is 0 Å². The highest BCUT2D eigenvalue weighted by molar-refractivity contribution is 8.26. The summed E-state index contributed by atoms with van der Waals surface area (Å²) >= 11 is 6.26. The van der Waals surface area contributed by atoms with Crippen LogP contribution in [0.1, 0.15) is 26.3 Å². The van der Waals surface area contributed by atoms with Gasteiger partial charge in [0.15, 0.2) is 0 Å². The smallest absolute Gasteiger partial charge is 0.266 e. The SMILES string of the molecule is CC(C)(C)N(CCO)C(=O)CN1C(=O)C(=Cc2ccccc2F)SC1=S. The third-order valence-electron chi connectivity index (χ3n) is 3.79. The van der Waals surface area contributed by atoms with E-state index in [2.05, 4.69) is 0 Å². The van der Waals surface area contributed by atoms with Crippen LogP contribution in [0.15, 0.2) is 29.2 Å². The average molecular weight is 397 g/mol. The Labute approximate surface area is 161 Å². The van der Waals surface area contributed by atoms with Gasteiger partial charge in [0, 0.05) is 17.6 Å². The zero-order valence-corrected chi connectivity index (χ0v) is 16.5. The summed E-state index contributed by atoms with van der Waals surface area (Å²) in [4.78, 5) is 28.2. The summed E-state index contributed by atoms with van der Waals surface area (Å²) in [6.45, 7) is 5.34. The maximum atomic E-state index is 13.8. The maximum absolute atomic E-state index is 13.8. The number of β-amino-alcohol motifs (C(OH)–C–C–N with tert-alkyl or cyclic N) is 1. The molecule has 1 fully saturated rings. The van der Waals surface area contributed by atoms with Crippen molar-refractivity contribution in [1.29, 1.82) is 0 Å². The lowest BCUT2D eigenvalue weighted by molar-refractivity contribution is -0.139. The lowest BCUT2D eigenvalue weighted by Crippen LogP contribution is -2.51. The van der Waals surface area contributed by atoms with Gasteiger partial charge in [-0.15, -0.1) is 0 Å². The second-order valence-corrected chi connectivity index (χ2v) is 8.40. The standard InChI is InChI=1S/C18H21FN2O3S2/c1-18(2,3)21(8-9-22)15(23)11-20-16(24)14(26-17(20)25)10-12-6-4-5-7-13(12)19/h4-7,10,22H,8-9,11H2,1-3H3. The minimum atomic E-state index is -0.497. The first-order chi connectivity index (χ1) is 12.1. The van der Waals surface area contributed by atoms with Crippen LogP contribution in [0, 0.1) is 5.82 Å². The van der Waals surface area contributed by atoms with Gasteiger partial charge < -0.3 is 10.0 Å². The van der Waals surface area contributed by atoms with Gasteiger partial charge in [0.05, 0.1) is 11.5 Å². The van der Waals surface area contributed by atoms with Crippen molar-refractivity contribution in [3.05, 3.63) is 40.6 Å². The highest BCUT2D eigenvalue weighted by Gasteiger charge is 2.36. The zero-order valence-electron chi connectivity index (χ0n) is 14.9. The molecule has 1 aromatic rings. The molecule has 1 heterocycles. The Kier molecular flexibility index (Phi) is 6.54. The van der Waals surface area contributed by atoms with Crippen molar-refractivity contribution in [2.24, 2.45) is 0 Å². The molecule has 1 saturated heterocycles. The third-order valence-corrected chi connectivity index (χ3v) is 5.17. The number of halogens is 1. The molecular formula is C18H21FN2O3S2. The summed E-state index contributed by atoms with van der Waals surface area (Å²) < 4.78 is 14.1. The van der Waals surface area contributed by atoms with Crippen LogP contribution in [0.3, 0.4) is 0 Å². The van der Waals surface area contributed by atoms with E-state index < -0.39 is 17.3 Å². The second-order valence-electron chi connectivity index (χ2n) is 6.73. The van der Waals surface area contributed by atoms with Gasteiger partial charge in [-0.05, 0) is 32.9 Å². The van der Waals surface area contributed by atoms with Gasteiger partial charge in [0.25, 0.3) is 5.91 Å². The molecule has 1 aliphatic heterocycles. The van der Waals surface area contributed by atoms with Gasteiger partial charge in [-0.1, -0.05) is 42.2 Å². The number of carbonyl (C=O) groups is 2. The maximum Gasteiger partial charge on any atom is 0.266 e. The molecule has 0 spiro atoms. The van der Waals surface area contributed by atoms with Crippen LogP contribution < -0.4 is 0 Å². The molecule has 0 aromatic heterocycles. The molecule has 0 bridgehead atoms. The van der Waals surface area contributed by atoms with E-state index in [1.165, 1.54) is 21.9 Å². The molecule has 5 nitrogen and oxygen atoms in total. The fraction of sp³-hybridized carbons (Fsp3) is 0.389. The first-order valence-electron chi connectivity index (χ1n) is 8.06. The number of aliphatic hydroxyl groups excluding tert-OH is 1. The first-order valence-corrected chi connectivity index (χ1v) is 9.29. The highest BCUT2D eigenvalue weighted by Crippen LogP contribution is 2.33. The van der Waals surface area contributed by atoms with Crippen LogP contribution in [0.4, 0.5) is 4.39 Å². The third kappa shape index (κ3) is 4.69. The van der Waals surface area contributed by atoms with E-state index in [9.17, 15) is 19.1 Å². The highest BCUT2D eigenvalue weighted by atomic mass is 32.2. The van der Waals surface area contributed by atoms with Gasteiger partial charge in [0.1, 0.15) is 16.7 Å². The molecule has 0 saturated carbocycles. The van der Waals surface area contributed by atoms with Crippen molar-refractivity contribution in [3.63, 3.8) is 0 Å². The Hall–Kier alpha value is -1.77. The van der Waals surface area contributed by atoms with Gasteiger partial charge in [-0.25, -0.2) is 4.39 Å². The van der Waals surface area contributed by atoms with Gasteiger partial charge in [-0.2, -0.15) is 0 Å². The van der Waals surface area contributed by atoms with E-state index in [1.54, 1.807) is 18.2 Å². The zero-order chi connectivity index (χ0) is 19.5. The quantitative estimate of drug-likeness (QED) is 0.612. The minimum Gasteiger partial charge on any atom is -0.395 e. The topological polar surface area (TPSA) is 60.9 Å². The predicted octanol–water partition coefficient (Wildman–Crippen LogP) is 2.65. The largest absolute Gasteiger partial charge is 0.395 e. The summed E-state index contributed by atoms with van der Waals surface area (Å²) in [5, 5.41) is 9.20. The van der Waals surface area contributed by atoms with Gasteiger partial charge >= 0.3 is 0 Å². The van der Waals surface area contributed by atoms with Crippen LogP contribution in [-0.2, 0) is 9.59 Å². The Morgan fingerprint density at radius 2 is 2.04 bits per heavy atom. The molecule has 140 valence electrons. The molecule has 0 unspecified atom stereocenters. The van der Waals surface area contributed by atoms with Crippen molar-refractivity contribution in [1.82, 2.24) is 9.80 Å². The number of hydrogen-bond donors (Lipinski definition) is 1. The summed E-state index contributed by atoms with van der Waals surface area (Å²) in [6, 6.07) is 6.12. The molecule has 0 radical (unpaired) electrons. The molecule has 2 rings (SSSR count). The average Bonchev–Trinajstić information content (AvgIpc) is 2.81. The lowest BCUT2D eigenvalue weighted by atomic mass is 10.1. The van der Waals surface area contributed by atoms with E-state index in [1.807, 2.05) is 20.8 Å². The number of carbonyl (C=O) groups excluding carboxylic acids is 2. The lowest BCUT2D eigenvalue weighted by Gasteiger charge is -2.36. The van der Waals surface area contributed by atoms with Crippen molar-refractivity contribution >= 4 is 46.2 Å². The van der Waals surface area contributed by atoms with Crippen molar-refractivity contribution in [2.45, 2.75) is 26.3 Å². The minimum absolute atomic E-state index is 0.169. The Morgan fingerprint density at radius 1 is 1.38 bits per heavy atom. The van der Waals surface area contributed by atoms with E-state index >= 15 is 0 Å². The number of benzene rings is 1. The van der Waals surface area contributed by atoms with Crippen LogP contribution in [0.2, 0.25) is 0 Å². The van der Waals surface area contributed by atoms with Crippen LogP contribution in [0.25, 0.3) is 6.08 Å². The van der Waals surface area contributed by atoms with Gasteiger partial charge in [-0.3, -0.25) is 14.5 Å². The number of thiocarbonyl (C=S) groups is 1. The van der Waals surface area contributed by atoms with Crippen molar-refractivity contribution in [2.75, 3.05) is 19.7 Å². The molecule has 1 N–H and O–H groups in total. The van der Waals surface area contributed by atoms with Gasteiger partial charge in [0.2, 0.25) is 5.91 Å². The molecule has 1 aromatic carbocycles. The van der Waals surface area contributed by atoms with E-state index in [-0.39, 0.29) is 40.4 Å². The first kappa shape index (κ1) is 20.5. The molecule has 26 heavy (non-hydrogen) atoms. The molecule has 0 aliphatic carbocycles. The number of amides is 2. The van der Waals surface area contributed by atoms with Crippen molar-refractivity contribution < 1.29 is 19.1 Å². The fourth-order valence-corrected chi connectivity index (χ4v) is 3.77. The Morgan fingerprint density at radius 3 is 2.62 bits per heavy atom. The number of aliphatic hydroxyl groups is 1. The van der Waals surface area contributed by atoms with E-state index in [0.717, 1.165) is 11.8 Å². The summed E-state index contributed by atoms with van der Waals surface area (Å²) in [7, 11) is 0.